The largest absolute Gasteiger partial charge is 0.493 e. The van der Waals surface area contributed by atoms with Crippen molar-refractivity contribution in [1.29, 1.82) is 0 Å². The quantitative estimate of drug-likeness (QED) is 0.290. The third-order valence-electron chi connectivity index (χ3n) is 6.36. The Morgan fingerprint density at radius 2 is 1.81 bits per heavy atom. The molecule has 190 valence electrons. The number of rotatable bonds is 11. The summed E-state index contributed by atoms with van der Waals surface area (Å²) in [5.74, 6) is 0.0606. The third-order valence-corrected chi connectivity index (χ3v) is 8.11. The number of hydrogen-bond donors (Lipinski definition) is 2. The van der Waals surface area contributed by atoms with Crippen LogP contribution in [0.4, 0.5) is 11.4 Å². The zero-order valence-electron chi connectivity index (χ0n) is 20.5. The van der Waals surface area contributed by atoms with Crippen molar-refractivity contribution in [3.05, 3.63) is 60.2 Å². The maximum absolute atomic E-state index is 13.4. The maximum atomic E-state index is 13.4. The van der Waals surface area contributed by atoms with E-state index < -0.39 is 22.0 Å². The molecule has 0 bridgehead atoms. The van der Waals surface area contributed by atoms with Crippen LogP contribution in [-0.2, 0) is 26.0 Å². The van der Waals surface area contributed by atoms with Gasteiger partial charge in [-0.1, -0.05) is 44.5 Å². The molecule has 2 amide bonds. The van der Waals surface area contributed by atoms with E-state index in [-0.39, 0.29) is 17.7 Å². The smallest absolute Gasteiger partial charge is 0.267 e. The lowest BCUT2D eigenvalue weighted by molar-refractivity contribution is -0.125. The van der Waals surface area contributed by atoms with Crippen LogP contribution in [0.15, 0.2) is 59.5 Å². The lowest BCUT2D eigenvalue weighted by Crippen LogP contribution is -2.46. The lowest BCUT2D eigenvalue weighted by atomic mass is 10.1. The number of ether oxygens (including phenoxy) is 1. The zero-order valence-corrected chi connectivity index (χ0v) is 21.3. The minimum atomic E-state index is -4.24. The summed E-state index contributed by atoms with van der Waals surface area (Å²) < 4.78 is 32.8. The summed E-state index contributed by atoms with van der Waals surface area (Å²) >= 11 is 0. The Morgan fingerprint density at radius 1 is 1.08 bits per heavy atom. The number of unbranched alkanes of at least 4 members (excludes halogenated alkanes) is 1. The van der Waals surface area contributed by atoms with Crippen molar-refractivity contribution in [2.75, 3.05) is 23.8 Å². The molecule has 1 aliphatic heterocycles. The zero-order chi connectivity index (χ0) is 25.7. The Balaban J connectivity index is 1.61. The number of benzene rings is 3. The van der Waals surface area contributed by atoms with Crippen LogP contribution in [0.2, 0.25) is 0 Å². The van der Waals surface area contributed by atoms with Gasteiger partial charge in [-0.15, -0.1) is 0 Å². The number of carbonyl (C=O) groups excluding carboxylic acids is 2. The van der Waals surface area contributed by atoms with Crippen LogP contribution in [0.3, 0.4) is 0 Å². The number of fused-ring (bicyclic) bond motifs is 2. The number of anilines is 2. The van der Waals surface area contributed by atoms with Gasteiger partial charge < -0.3 is 15.4 Å². The van der Waals surface area contributed by atoms with Gasteiger partial charge in [-0.3, -0.25) is 9.59 Å². The first-order valence-corrected chi connectivity index (χ1v) is 13.7. The van der Waals surface area contributed by atoms with E-state index in [0.717, 1.165) is 41.4 Å². The molecule has 1 heterocycles. The highest BCUT2D eigenvalue weighted by Crippen LogP contribution is 2.32. The Bertz CT molecular complexity index is 1370. The monoisotopic (exact) mass is 509 g/mol. The molecule has 1 unspecified atom stereocenters. The lowest BCUT2D eigenvalue weighted by Gasteiger charge is -2.26. The van der Waals surface area contributed by atoms with Crippen LogP contribution >= 0.6 is 0 Å². The van der Waals surface area contributed by atoms with Crippen LogP contribution in [0, 0.1) is 0 Å². The summed E-state index contributed by atoms with van der Waals surface area (Å²) in [7, 11) is -4.24. The molecule has 1 aliphatic rings. The molecule has 0 fully saturated rings. The topological polar surface area (TPSA) is 105 Å². The molecular weight excluding hydrogens is 478 g/mol. The number of nitrogens with zero attached hydrogens (tertiary/aromatic N) is 1. The number of hydrogen-bond acceptors (Lipinski definition) is 6. The van der Waals surface area contributed by atoms with Crippen molar-refractivity contribution in [3.8, 4) is 5.75 Å². The van der Waals surface area contributed by atoms with E-state index in [1.165, 1.54) is 12.1 Å². The Hall–Kier alpha value is -3.59. The van der Waals surface area contributed by atoms with E-state index in [2.05, 4.69) is 17.6 Å². The van der Waals surface area contributed by atoms with Gasteiger partial charge in [-0.2, -0.15) is 0 Å². The molecule has 9 heteroatoms. The van der Waals surface area contributed by atoms with E-state index >= 15 is 0 Å². The molecule has 3 aromatic carbocycles. The van der Waals surface area contributed by atoms with Crippen molar-refractivity contribution >= 4 is 44.5 Å². The highest BCUT2D eigenvalue weighted by molar-refractivity contribution is 7.89. The average molecular weight is 510 g/mol. The van der Waals surface area contributed by atoms with Gasteiger partial charge in [0.25, 0.3) is 10.0 Å². The second kappa shape index (κ2) is 11.0. The van der Waals surface area contributed by atoms with Crippen molar-refractivity contribution in [1.82, 2.24) is 4.31 Å². The van der Waals surface area contributed by atoms with Crippen LogP contribution in [-0.4, -0.2) is 44.2 Å². The van der Waals surface area contributed by atoms with Gasteiger partial charge >= 0.3 is 0 Å². The van der Waals surface area contributed by atoms with Crippen LogP contribution in [0.1, 0.15) is 38.7 Å². The Labute approximate surface area is 211 Å². The standard InChI is InChI=1S/C27H31N3O5S/c1-3-5-15-28-23-11-12-24(22-9-7-6-8-21(22)23)29-27(32)25(4-2)30(18-31)36(33,34)20-10-13-26-19(17-20)14-16-35-26/h6-13,17-18,25,28H,3-5,14-16H2,1-2H3,(H,29,32). The predicted octanol–water partition coefficient (Wildman–Crippen LogP) is 4.55. The average Bonchev–Trinajstić information content (AvgIpc) is 3.36. The van der Waals surface area contributed by atoms with E-state index in [9.17, 15) is 18.0 Å². The summed E-state index contributed by atoms with van der Waals surface area (Å²) in [5, 5.41) is 8.05. The molecule has 0 spiro atoms. The molecule has 0 radical (unpaired) electrons. The van der Waals surface area contributed by atoms with Crippen molar-refractivity contribution in [3.63, 3.8) is 0 Å². The fourth-order valence-electron chi connectivity index (χ4n) is 4.40. The molecule has 0 aliphatic carbocycles. The molecule has 0 aromatic heterocycles. The molecule has 3 aromatic rings. The van der Waals surface area contributed by atoms with E-state index in [0.29, 0.717) is 28.8 Å². The van der Waals surface area contributed by atoms with Gasteiger partial charge in [0.15, 0.2) is 0 Å². The first-order chi connectivity index (χ1) is 17.4. The van der Waals surface area contributed by atoms with E-state index in [1.54, 1.807) is 19.1 Å². The molecular formula is C27H31N3O5S. The first kappa shape index (κ1) is 25.5. The molecule has 36 heavy (non-hydrogen) atoms. The second-order valence-corrected chi connectivity index (χ2v) is 10.6. The summed E-state index contributed by atoms with van der Waals surface area (Å²) in [6.07, 6.45) is 3.04. The second-order valence-electron chi connectivity index (χ2n) is 8.71. The van der Waals surface area contributed by atoms with Gasteiger partial charge in [0.05, 0.1) is 11.5 Å². The number of carbonyl (C=O) groups is 2. The highest BCUT2D eigenvalue weighted by Gasteiger charge is 2.34. The summed E-state index contributed by atoms with van der Waals surface area (Å²) in [6, 6.07) is 14.7. The Morgan fingerprint density at radius 3 is 2.50 bits per heavy atom. The van der Waals surface area contributed by atoms with Crippen LogP contribution in [0.5, 0.6) is 5.75 Å². The molecule has 4 rings (SSSR count). The minimum absolute atomic E-state index is 0.0435. The van der Waals surface area contributed by atoms with Gasteiger partial charge in [0.2, 0.25) is 12.3 Å². The first-order valence-electron chi connectivity index (χ1n) is 12.2. The number of nitrogens with one attached hydrogen (secondary N) is 2. The summed E-state index contributed by atoms with van der Waals surface area (Å²) in [4.78, 5) is 25.3. The van der Waals surface area contributed by atoms with E-state index in [1.807, 2.05) is 30.3 Å². The predicted molar refractivity (Wildman–Crippen MR) is 141 cm³/mol. The van der Waals surface area contributed by atoms with Gasteiger partial charge in [-0.05, 0) is 48.7 Å². The molecule has 0 saturated carbocycles. The van der Waals surface area contributed by atoms with Crippen molar-refractivity contribution in [2.24, 2.45) is 0 Å². The Kier molecular flexibility index (Phi) is 7.79. The summed E-state index contributed by atoms with van der Waals surface area (Å²) in [5.41, 5.74) is 2.27. The molecule has 8 nitrogen and oxygen atoms in total. The normalized spacial score (nSPS) is 13.5. The number of sulfonamides is 1. The fraction of sp³-hybridized carbons (Fsp3) is 0.333. The molecule has 2 N–H and O–H groups in total. The highest BCUT2D eigenvalue weighted by atomic mass is 32.2. The van der Waals surface area contributed by atoms with Crippen LogP contribution < -0.4 is 15.4 Å². The maximum Gasteiger partial charge on any atom is 0.267 e. The van der Waals surface area contributed by atoms with Crippen molar-refractivity contribution < 1.29 is 22.7 Å². The molecule has 1 atom stereocenters. The number of amides is 2. The van der Waals surface area contributed by atoms with Crippen molar-refractivity contribution in [2.45, 2.75) is 50.5 Å². The summed E-state index contributed by atoms with van der Waals surface area (Å²) in [6.45, 7) is 5.12. The minimum Gasteiger partial charge on any atom is -0.493 e. The third kappa shape index (κ3) is 5.02. The van der Waals surface area contributed by atoms with Gasteiger partial charge in [-0.25, -0.2) is 12.7 Å². The SMILES string of the molecule is CCCCNc1ccc(NC(=O)C(CC)N(C=O)S(=O)(=O)c2ccc3c(c2)CCO3)c2ccccc12. The fourth-order valence-corrected chi connectivity index (χ4v) is 5.87. The van der Waals surface area contributed by atoms with Gasteiger partial charge in [0, 0.05) is 35.1 Å². The van der Waals surface area contributed by atoms with E-state index in [4.69, 9.17) is 4.74 Å². The van der Waals surface area contributed by atoms with Crippen LogP contribution in [0.25, 0.3) is 10.8 Å². The molecule has 0 saturated heterocycles. The van der Waals surface area contributed by atoms with Gasteiger partial charge in [0.1, 0.15) is 11.8 Å².